The topological polar surface area (TPSA) is 64.6 Å². The van der Waals surface area contributed by atoms with E-state index in [2.05, 4.69) is 39.6 Å². The molecule has 0 bridgehead atoms. The number of carbonyl (C=O) groups excluding carboxylic acids is 2. The van der Waals surface area contributed by atoms with Gasteiger partial charge in [-0.05, 0) is 47.0 Å². The first-order valence-corrected chi connectivity index (χ1v) is 8.41. The zero-order valence-corrected chi connectivity index (χ0v) is 14.9. The van der Waals surface area contributed by atoms with Gasteiger partial charge in [0.05, 0.1) is 6.61 Å². The van der Waals surface area contributed by atoms with Crippen molar-refractivity contribution >= 4 is 11.9 Å². The minimum Gasteiger partial charge on any atom is -0.463 e. The lowest BCUT2D eigenvalue weighted by atomic mass is 9.81. The third kappa shape index (κ3) is 8.16. The summed E-state index contributed by atoms with van der Waals surface area (Å²) in [5.41, 5.74) is -0.0521. The van der Waals surface area contributed by atoms with E-state index in [1.54, 1.807) is 0 Å². The van der Waals surface area contributed by atoms with E-state index < -0.39 is 5.97 Å². The highest BCUT2D eigenvalue weighted by atomic mass is 16.5. The highest BCUT2D eigenvalue weighted by Gasteiger charge is 2.39. The van der Waals surface area contributed by atoms with Crippen molar-refractivity contribution in [2.24, 2.45) is 0 Å². The van der Waals surface area contributed by atoms with Crippen LogP contribution in [0.15, 0.2) is 12.7 Å². The van der Waals surface area contributed by atoms with Gasteiger partial charge in [-0.25, -0.2) is 4.79 Å². The van der Waals surface area contributed by atoms with E-state index in [1.165, 1.54) is 0 Å². The summed E-state index contributed by atoms with van der Waals surface area (Å²) in [7, 11) is 0. The van der Waals surface area contributed by atoms with E-state index in [1.807, 2.05) is 0 Å². The molecule has 0 radical (unpaired) electrons. The van der Waals surface area contributed by atoms with E-state index in [9.17, 15) is 9.59 Å². The molecule has 0 saturated carbocycles. The normalized spacial score (nSPS) is 19.8. The number of esters is 2. The Labute approximate surface area is 139 Å². The Balaban J connectivity index is 2.21. The van der Waals surface area contributed by atoms with Gasteiger partial charge in [0.15, 0.2) is 0 Å². The van der Waals surface area contributed by atoms with Crippen LogP contribution in [0.1, 0.15) is 66.2 Å². The van der Waals surface area contributed by atoms with Gasteiger partial charge in [-0.3, -0.25) is 4.79 Å². The molecular formula is C18H31NO4. The number of carbonyl (C=O) groups is 2. The van der Waals surface area contributed by atoms with Gasteiger partial charge in [0, 0.05) is 36.4 Å². The summed E-state index contributed by atoms with van der Waals surface area (Å²) in [6, 6.07) is 0. The Kier molecular flexibility index (Phi) is 7.26. The second-order valence-corrected chi connectivity index (χ2v) is 7.60. The van der Waals surface area contributed by atoms with Gasteiger partial charge >= 0.3 is 11.9 Å². The molecule has 0 atom stereocenters. The first-order chi connectivity index (χ1) is 10.6. The van der Waals surface area contributed by atoms with Crippen molar-refractivity contribution in [3.05, 3.63) is 12.7 Å². The van der Waals surface area contributed by atoms with Crippen molar-refractivity contribution in [3.8, 4) is 0 Å². The van der Waals surface area contributed by atoms with Gasteiger partial charge in [-0.2, -0.15) is 0 Å². The average Bonchev–Trinajstić information content (AvgIpc) is 2.38. The minimum atomic E-state index is -0.402. The van der Waals surface area contributed by atoms with Crippen LogP contribution in [0.5, 0.6) is 0 Å². The molecule has 0 aromatic carbocycles. The number of nitrogens with one attached hydrogen (secondary N) is 1. The van der Waals surface area contributed by atoms with Crippen molar-refractivity contribution in [1.29, 1.82) is 0 Å². The predicted octanol–water partition coefficient (Wildman–Crippen LogP) is 3.13. The van der Waals surface area contributed by atoms with E-state index in [4.69, 9.17) is 9.47 Å². The smallest absolute Gasteiger partial charge is 0.330 e. The Bertz CT molecular complexity index is 413. The van der Waals surface area contributed by atoms with Crippen LogP contribution in [-0.2, 0) is 19.1 Å². The van der Waals surface area contributed by atoms with Crippen molar-refractivity contribution in [2.45, 2.75) is 83.4 Å². The highest BCUT2D eigenvalue weighted by Crippen LogP contribution is 2.30. The molecule has 132 valence electrons. The molecule has 23 heavy (non-hydrogen) atoms. The van der Waals surface area contributed by atoms with Crippen molar-refractivity contribution in [3.63, 3.8) is 0 Å². The predicted molar refractivity (Wildman–Crippen MR) is 90.0 cm³/mol. The van der Waals surface area contributed by atoms with Crippen LogP contribution in [0.4, 0.5) is 0 Å². The van der Waals surface area contributed by atoms with Crippen molar-refractivity contribution in [2.75, 3.05) is 6.61 Å². The van der Waals surface area contributed by atoms with Crippen molar-refractivity contribution < 1.29 is 19.1 Å². The van der Waals surface area contributed by atoms with Crippen LogP contribution in [0.3, 0.4) is 0 Å². The molecule has 1 rings (SSSR count). The Morgan fingerprint density at radius 3 is 2.30 bits per heavy atom. The zero-order valence-electron chi connectivity index (χ0n) is 14.9. The van der Waals surface area contributed by atoms with Gasteiger partial charge < -0.3 is 14.8 Å². The molecule has 1 saturated heterocycles. The maximum Gasteiger partial charge on any atom is 0.330 e. The monoisotopic (exact) mass is 325 g/mol. The summed E-state index contributed by atoms with van der Waals surface area (Å²) < 4.78 is 10.5. The minimum absolute atomic E-state index is 0.0257. The summed E-state index contributed by atoms with van der Waals surface area (Å²) >= 11 is 0. The first kappa shape index (κ1) is 19.7. The molecule has 0 spiro atoms. The second kappa shape index (κ2) is 8.48. The molecule has 0 amide bonds. The largest absolute Gasteiger partial charge is 0.463 e. The molecule has 0 aliphatic carbocycles. The maximum atomic E-state index is 12.0. The van der Waals surface area contributed by atoms with E-state index >= 15 is 0 Å². The first-order valence-electron chi connectivity index (χ1n) is 8.41. The fourth-order valence-electron chi connectivity index (χ4n) is 3.34. The van der Waals surface area contributed by atoms with Gasteiger partial charge in [0.1, 0.15) is 6.10 Å². The van der Waals surface area contributed by atoms with Gasteiger partial charge in [0.2, 0.25) is 0 Å². The Hall–Kier alpha value is -1.36. The van der Waals surface area contributed by atoms with Crippen LogP contribution in [-0.4, -0.2) is 35.7 Å². The fraction of sp³-hybridized carbons (Fsp3) is 0.778. The summed E-state index contributed by atoms with van der Waals surface area (Å²) in [5, 5.41) is 3.58. The number of rotatable bonds is 8. The van der Waals surface area contributed by atoms with Crippen LogP contribution in [0.2, 0.25) is 0 Å². The zero-order chi connectivity index (χ0) is 17.5. The standard InChI is InChI=1S/C18H31NO4/c1-6-15(20)22-11-9-7-8-10-16(21)23-14-12-17(2,3)19-18(4,5)13-14/h6,14,19H,1,7-13H2,2-5H3. The maximum absolute atomic E-state index is 12.0. The van der Waals surface area contributed by atoms with Gasteiger partial charge in [-0.15, -0.1) is 0 Å². The van der Waals surface area contributed by atoms with Crippen LogP contribution >= 0.6 is 0 Å². The lowest BCUT2D eigenvalue weighted by Crippen LogP contribution is -2.59. The molecule has 5 nitrogen and oxygen atoms in total. The molecule has 0 aromatic rings. The quantitative estimate of drug-likeness (QED) is 0.422. The average molecular weight is 325 g/mol. The molecule has 1 aliphatic heterocycles. The summed E-state index contributed by atoms with van der Waals surface area (Å²) in [5.74, 6) is -0.535. The van der Waals surface area contributed by atoms with E-state index in [0.29, 0.717) is 13.0 Å². The Morgan fingerprint density at radius 2 is 1.74 bits per heavy atom. The molecule has 1 fully saturated rings. The number of hydrogen-bond donors (Lipinski definition) is 1. The molecule has 5 heteroatoms. The summed E-state index contributed by atoms with van der Waals surface area (Å²) in [6.07, 6.45) is 5.55. The highest BCUT2D eigenvalue weighted by molar-refractivity contribution is 5.81. The third-order valence-electron chi connectivity index (χ3n) is 3.89. The summed E-state index contributed by atoms with van der Waals surface area (Å²) in [6.45, 7) is 12.3. The molecule has 0 aromatic heterocycles. The molecule has 1 N–H and O–H groups in total. The molecule has 1 heterocycles. The van der Waals surface area contributed by atoms with Gasteiger partial charge in [0.25, 0.3) is 0 Å². The lowest BCUT2D eigenvalue weighted by Gasteiger charge is -2.45. The van der Waals surface area contributed by atoms with Gasteiger partial charge in [-0.1, -0.05) is 6.58 Å². The van der Waals surface area contributed by atoms with Crippen LogP contribution in [0, 0.1) is 0 Å². The molecule has 0 unspecified atom stereocenters. The van der Waals surface area contributed by atoms with Crippen molar-refractivity contribution in [1.82, 2.24) is 5.32 Å². The SMILES string of the molecule is C=CC(=O)OCCCCCC(=O)OC1CC(C)(C)NC(C)(C)C1. The number of hydrogen-bond acceptors (Lipinski definition) is 5. The molecular weight excluding hydrogens is 294 g/mol. The summed E-state index contributed by atoms with van der Waals surface area (Å²) in [4.78, 5) is 22.8. The number of ether oxygens (including phenoxy) is 2. The fourth-order valence-corrected chi connectivity index (χ4v) is 3.34. The van der Waals surface area contributed by atoms with E-state index in [-0.39, 0.29) is 23.2 Å². The number of unbranched alkanes of at least 4 members (excludes halogenated alkanes) is 2. The van der Waals surface area contributed by atoms with Crippen LogP contribution in [0.25, 0.3) is 0 Å². The lowest BCUT2D eigenvalue weighted by molar-refractivity contribution is -0.153. The number of piperidine rings is 1. The van der Waals surface area contributed by atoms with Crippen LogP contribution < -0.4 is 5.32 Å². The third-order valence-corrected chi connectivity index (χ3v) is 3.89. The Morgan fingerprint density at radius 1 is 1.13 bits per heavy atom. The molecule has 1 aliphatic rings. The van der Waals surface area contributed by atoms with E-state index in [0.717, 1.165) is 38.2 Å². The second-order valence-electron chi connectivity index (χ2n) is 7.60.